The summed E-state index contributed by atoms with van der Waals surface area (Å²) in [5, 5.41) is 8.78. The predicted octanol–water partition coefficient (Wildman–Crippen LogP) is 2.23. The van der Waals surface area contributed by atoms with Crippen LogP contribution in [0.2, 0.25) is 0 Å². The Morgan fingerprint density at radius 1 is 1.30 bits per heavy atom. The fourth-order valence-electron chi connectivity index (χ4n) is 2.35. The van der Waals surface area contributed by atoms with E-state index in [1.54, 1.807) is 0 Å². The van der Waals surface area contributed by atoms with Crippen molar-refractivity contribution in [3.8, 4) is 0 Å². The lowest BCUT2D eigenvalue weighted by Crippen LogP contribution is -2.31. The molecule has 0 heterocycles. The molecule has 0 saturated heterocycles. The van der Waals surface area contributed by atoms with Gasteiger partial charge < -0.3 is 5.11 Å². The molecule has 1 atom stereocenters. The summed E-state index contributed by atoms with van der Waals surface area (Å²) >= 11 is 0. The molecule has 1 fully saturated rings. The summed E-state index contributed by atoms with van der Waals surface area (Å²) in [6, 6.07) is 0. The van der Waals surface area contributed by atoms with E-state index in [1.165, 1.54) is 0 Å². The Kier molecular flexibility index (Phi) is 6.01. The standard InChI is InChI=1S/C14H27NO4S/c1-14(2,3)12(6-7-13(16)17)8-9-15-20(18,19)10-11-4-5-11/h11-12,15H,4-10H2,1-3H3,(H,16,17). The quantitative estimate of drug-likeness (QED) is 0.684. The monoisotopic (exact) mass is 305 g/mol. The molecule has 20 heavy (non-hydrogen) atoms. The SMILES string of the molecule is CC(C)(C)C(CCNS(=O)(=O)CC1CC1)CCC(=O)O. The Hall–Kier alpha value is -0.620. The van der Waals surface area contributed by atoms with Crippen molar-refractivity contribution in [3.05, 3.63) is 0 Å². The molecular weight excluding hydrogens is 278 g/mol. The van der Waals surface area contributed by atoms with Crippen LogP contribution in [-0.2, 0) is 14.8 Å². The van der Waals surface area contributed by atoms with E-state index in [0.29, 0.717) is 25.3 Å². The normalized spacial score (nSPS) is 17.9. The molecule has 1 saturated carbocycles. The number of hydrogen-bond acceptors (Lipinski definition) is 3. The van der Waals surface area contributed by atoms with Gasteiger partial charge in [-0.1, -0.05) is 20.8 Å². The van der Waals surface area contributed by atoms with Crippen molar-refractivity contribution < 1.29 is 18.3 Å². The summed E-state index contributed by atoms with van der Waals surface area (Å²) in [4.78, 5) is 10.7. The van der Waals surface area contributed by atoms with Crippen LogP contribution in [0.1, 0.15) is 52.9 Å². The van der Waals surface area contributed by atoms with Crippen molar-refractivity contribution in [1.82, 2.24) is 4.72 Å². The molecular formula is C14H27NO4S. The van der Waals surface area contributed by atoms with Gasteiger partial charge in [0.2, 0.25) is 10.0 Å². The summed E-state index contributed by atoms with van der Waals surface area (Å²) in [6.45, 7) is 6.60. The second kappa shape index (κ2) is 6.89. The second-order valence-electron chi connectivity index (χ2n) is 6.90. The first-order valence-electron chi connectivity index (χ1n) is 7.29. The van der Waals surface area contributed by atoms with E-state index >= 15 is 0 Å². The summed E-state index contributed by atoms with van der Waals surface area (Å²) in [5.41, 5.74) is -0.0165. The molecule has 0 radical (unpaired) electrons. The summed E-state index contributed by atoms with van der Waals surface area (Å²) in [6.07, 6.45) is 3.44. The number of carbonyl (C=O) groups is 1. The zero-order valence-corrected chi connectivity index (χ0v) is 13.5. The maximum absolute atomic E-state index is 11.8. The molecule has 0 aromatic heterocycles. The number of hydrogen-bond donors (Lipinski definition) is 2. The molecule has 0 amide bonds. The van der Waals surface area contributed by atoms with Gasteiger partial charge in [0, 0.05) is 13.0 Å². The Morgan fingerprint density at radius 3 is 2.35 bits per heavy atom. The van der Waals surface area contributed by atoms with Crippen molar-refractivity contribution >= 4 is 16.0 Å². The van der Waals surface area contributed by atoms with E-state index in [0.717, 1.165) is 12.8 Å². The van der Waals surface area contributed by atoms with Crippen molar-refractivity contribution in [2.75, 3.05) is 12.3 Å². The van der Waals surface area contributed by atoms with Crippen molar-refractivity contribution in [3.63, 3.8) is 0 Å². The van der Waals surface area contributed by atoms with Crippen LogP contribution >= 0.6 is 0 Å². The molecule has 0 aliphatic heterocycles. The minimum absolute atomic E-state index is 0.0165. The molecule has 1 aliphatic rings. The Balaban J connectivity index is 2.39. The van der Waals surface area contributed by atoms with Crippen LogP contribution in [0.3, 0.4) is 0 Å². The maximum Gasteiger partial charge on any atom is 0.303 e. The highest BCUT2D eigenvalue weighted by Gasteiger charge is 2.29. The summed E-state index contributed by atoms with van der Waals surface area (Å²) in [7, 11) is -3.16. The molecule has 5 nitrogen and oxygen atoms in total. The molecule has 1 aliphatic carbocycles. The zero-order valence-electron chi connectivity index (χ0n) is 12.7. The van der Waals surface area contributed by atoms with Gasteiger partial charge in [0.15, 0.2) is 0 Å². The average Bonchev–Trinajstić information content (AvgIpc) is 3.03. The van der Waals surface area contributed by atoms with Crippen LogP contribution in [0.5, 0.6) is 0 Å². The lowest BCUT2D eigenvalue weighted by atomic mass is 9.76. The number of sulfonamides is 1. The van der Waals surface area contributed by atoms with Gasteiger partial charge in [-0.3, -0.25) is 4.79 Å². The average molecular weight is 305 g/mol. The van der Waals surface area contributed by atoms with Crippen LogP contribution < -0.4 is 4.72 Å². The lowest BCUT2D eigenvalue weighted by molar-refractivity contribution is -0.137. The minimum atomic E-state index is -3.16. The smallest absolute Gasteiger partial charge is 0.303 e. The molecule has 6 heteroatoms. The number of rotatable bonds is 9. The number of aliphatic carboxylic acids is 1. The van der Waals surface area contributed by atoms with E-state index in [2.05, 4.69) is 25.5 Å². The number of carboxylic acid groups (broad SMARTS) is 1. The van der Waals surface area contributed by atoms with Crippen molar-refractivity contribution in [1.29, 1.82) is 0 Å². The van der Waals surface area contributed by atoms with Gasteiger partial charge in [-0.05, 0) is 42.9 Å². The van der Waals surface area contributed by atoms with Crippen LogP contribution in [0.15, 0.2) is 0 Å². The second-order valence-corrected chi connectivity index (χ2v) is 8.75. The summed E-state index contributed by atoms with van der Waals surface area (Å²) in [5.74, 6) is -0.0174. The Bertz CT molecular complexity index is 421. The Labute approximate surface area is 122 Å². The van der Waals surface area contributed by atoms with Gasteiger partial charge in [0.05, 0.1) is 5.75 Å². The molecule has 118 valence electrons. The molecule has 0 aromatic rings. The first kappa shape index (κ1) is 17.4. The largest absolute Gasteiger partial charge is 0.481 e. The van der Waals surface area contributed by atoms with Gasteiger partial charge in [0.1, 0.15) is 0 Å². The minimum Gasteiger partial charge on any atom is -0.481 e. The molecule has 0 bridgehead atoms. The first-order valence-corrected chi connectivity index (χ1v) is 8.94. The maximum atomic E-state index is 11.8. The van der Waals surface area contributed by atoms with E-state index in [9.17, 15) is 13.2 Å². The van der Waals surface area contributed by atoms with Crippen molar-refractivity contribution in [2.24, 2.45) is 17.3 Å². The third-order valence-corrected chi connectivity index (χ3v) is 5.45. The zero-order chi connectivity index (χ0) is 15.4. The first-order chi connectivity index (χ1) is 9.10. The van der Waals surface area contributed by atoms with E-state index in [1.807, 2.05) is 0 Å². The third-order valence-electron chi connectivity index (χ3n) is 3.90. The molecule has 1 unspecified atom stereocenters. The third kappa shape index (κ3) is 7.24. The number of carboxylic acids is 1. The number of nitrogens with one attached hydrogen (secondary N) is 1. The highest BCUT2D eigenvalue weighted by molar-refractivity contribution is 7.89. The fraction of sp³-hybridized carbons (Fsp3) is 0.929. The van der Waals surface area contributed by atoms with Gasteiger partial charge in [-0.25, -0.2) is 13.1 Å². The van der Waals surface area contributed by atoms with Gasteiger partial charge in [-0.15, -0.1) is 0 Å². The molecule has 0 aromatic carbocycles. The van der Waals surface area contributed by atoms with Gasteiger partial charge >= 0.3 is 5.97 Å². The van der Waals surface area contributed by atoms with Gasteiger partial charge in [-0.2, -0.15) is 0 Å². The predicted molar refractivity (Wildman–Crippen MR) is 78.9 cm³/mol. The molecule has 0 spiro atoms. The van der Waals surface area contributed by atoms with E-state index < -0.39 is 16.0 Å². The van der Waals surface area contributed by atoms with E-state index in [4.69, 9.17) is 5.11 Å². The van der Waals surface area contributed by atoms with Crippen molar-refractivity contribution in [2.45, 2.75) is 52.9 Å². The van der Waals surface area contributed by atoms with Crippen LogP contribution in [-0.4, -0.2) is 31.8 Å². The lowest BCUT2D eigenvalue weighted by Gasteiger charge is -2.30. The van der Waals surface area contributed by atoms with Crippen LogP contribution in [0.25, 0.3) is 0 Å². The molecule has 2 N–H and O–H groups in total. The fourth-order valence-corrected chi connectivity index (χ4v) is 3.85. The van der Waals surface area contributed by atoms with Crippen LogP contribution in [0, 0.1) is 17.3 Å². The highest BCUT2D eigenvalue weighted by atomic mass is 32.2. The topological polar surface area (TPSA) is 83.5 Å². The van der Waals surface area contributed by atoms with E-state index in [-0.39, 0.29) is 23.5 Å². The van der Waals surface area contributed by atoms with Gasteiger partial charge in [0.25, 0.3) is 0 Å². The van der Waals surface area contributed by atoms with Crippen LogP contribution in [0.4, 0.5) is 0 Å². The highest BCUT2D eigenvalue weighted by Crippen LogP contribution is 2.32. The Morgan fingerprint density at radius 2 is 1.90 bits per heavy atom. The summed E-state index contributed by atoms with van der Waals surface area (Å²) < 4.78 is 26.2. The molecule has 1 rings (SSSR count).